The summed E-state index contributed by atoms with van der Waals surface area (Å²) in [5.41, 5.74) is 1.78. The highest BCUT2D eigenvalue weighted by Crippen LogP contribution is 2.22. The van der Waals surface area contributed by atoms with Gasteiger partial charge in [-0.15, -0.1) is 0 Å². The fraction of sp³-hybridized carbons (Fsp3) is 0.200. The average molecular weight is 337 g/mol. The molecule has 25 heavy (non-hydrogen) atoms. The number of aryl methyl sites for hydroxylation is 2. The summed E-state index contributed by atoms with van der Waals surface area (Å²) in [6, 6.07) is 13.5. The molecular formula is C20H19NO4. The van der Waals surface area contributed by atoms with Crippen LogP contribution in [0.25, 0.3) is 10.8 Å². The summed E-state index contributed by atoms with van der Waals surface area (Å²) < 4.78 is 10.5. The Morgan fingerprint density at radius 1 is 1.00 bits per heavy atom. The minimum Gasteiger partial charge on any atom is -0.465 e. The molecule has 0 saturated carbocycles. The van der Waals surface area contributed by atoms with Crippen LogP contribution in [0.4, 0.5) is 5.69 Å². The number of hydrogen-bond donors (Lipinski definition) is 1. The van der Waals surface area contributed by atoms with Crippen molar-refractivity contribution in [1.82, 2.24) is 0 Å². The van der Waals surface area contributed by atoms with Crippen molar-refractivity contribution >= 4 is 28.3 Å². The number of ether oxygens (including phenoxy) is 1. The van der Waals surface area contributed by atoms with Gasteiger partial charge in [-0.2, -0.15) is 0 Å². The maximum atomic E-state index is 12.2. The lowest BCUT2D eigenvalue weighted by Gasteiger charge is -2.08. The molecule has 0 aliphatic rings. The maximum Gasteiger partial charge on any atom is 0.342 e. The van der Waals surface area contributed by atoms with Crippen LogP contribution in [0.3, 0.4) is 0 Å². The summed E-state index contributed by atoms with van der Waals surface area (Å²) >= 11 is 0. The summed E-state index contributed by atoms with van der Waals surface area (Å²) in [6.45, 7) is 4.92. The number of fused-ring (bicyclic) bond motifs is 1. The van der Waals surface area contributed by atoms with E-state index in [1.807, 2.05) is 42.5 Å². The van der Waals surface area contributed by atoms with E-state index in [9.17, 15) is 9.59 Å². The first kappa shape index (κ1) is 16.8. The molecule has 0 fully saturated rings. The summed E-state index contributed by atoms with van der Waals surface area (Å²) in [5, 5.41) is 4.85. The molecule has 3 rings (SSSR count). The van der Waals surface area contributed by atoms with Gasteiger partial charge in [-0.05, 0) is 43.7 Å². The van der Waals surface area contributed by atoms with E-state index in [1.54, 1.807) is 20.8 Å². The fourth-order valence-corrected chi connectivity index (χ4v) is 2.76. The first-order valence-corrected chi connectivity index (χ1v) is 7.98. The Balaban J connectivity index is 1.63. The predicted molar refractivity (Wildman–Crippen MR) is 95.8 cm³/mol. The zero-order valence-electron chi connectivity index (χ0n) is 14.4. The second-order valence-electron chi connectivity index (χ2n) is 5.90. The van der Waals surface area contributed by atoms with Crippen LogP contribution < -0.4 is 5.32 Å². The van der Waals surface area contributed by atoms with Crippen LogP contribution >= 0.6 is 0 Å². The molecule has 1 heterocycles. The van der Waals surface area contributed by atoms with Gasteiger partial charge in [-0.1, -0.05) is 30.3 Å². The molecule has 0 aliphatic carbocycles. The van der Waals surface area contributed by atoms with Crippen LogP contribution in [0.5, 0.6) is 0 Å². The van der Waals surface area contributed by atoms with E-state index in [2.05, 4.69) is 5.32 Å². The van der Waals surface area contributed by atoms with E-state index in [0.717, 1.165) is 16.3 Å². The minimum absolute atomic E-state index is 0.352. The lowest BCUT2D eigenvalue weighted by molar-refractivity contribution is -0.119. The average Bonchev–Trinajstić information content (AvgIpc) is 2.85. The van der Waals surface area contributed by atoms with Crippen molar-refractivity contribution in [2.45, 2.75) is 20.8 Å². The Morgan fingerprint density at radius 3 is 2.40 bits per heavy atom. The van der Waals surface area contributed by atoms with E-state index < -0.39 is 5.97 Å². The number of nitrogens with one attached hydrogen (secondary N) is 1. The van der Waals surface area contributed by atoms with Gasteiger partial charge in [-0.3, -0.25) is 4.79 Å². The molecule has 1 aromatic heterocycles. The van der Waals surface area contributed by atoms with Crippen molar-refractivity contribution in [2.75, 3.05) is 11.9 Å². The van der Waals surface area contributed by atoms with Crippen LogP contribution in [0, 0.1) is 20.8 Å². The highest BCUT2D eigenvalue weighted by Gasteiger charge is 2.20. The smallest absolute Gasteiger partial charge is 0.342 e. The summed E-state index contributed by atoms with van der Waals surface area (Å²) in [5.74, 6) is 0.222. The Hall–Kier alpha value is -3.08. The molecule has 5 nitrogen and oxygen atoms in total. The first-order chi connectivity index (χ1) is 12.0. The van der Waals surface area contributed by atoms with Crippen molar-refractivity contribution in [1.29, 1.82) is 0 Å². The topological polar surface area (TPSA) is 68.5 Å². The SMILES string of the molecule is Cc1oc(C)c(C(=O)OCC(=O)Nc2ccc3ccccc3c2)c1C. The minimum atomic E-state index is -0.555. The molecule has 3 aromatic rings. The van der Waals surface area contributed by atoms with Gasteiger partial charge < -0.3 is 14.5 Å². The van der Waals surface area contributed by atoms with Crippen LogP contribution in [-0.4, -0.2) is 18.5 Å². The molecule has 128 valence electrons. The number of carbonyl (C=O) groups excluding carboxylic acids is 2. The Morgan fingerprint density at radius 2 is 1.72 bits per heavy atom. The lowest BCUT2D eigenvalue weighted by atomic mass is 10.1. The quantitative estimate of drug-likeness (QED) is 0.726. The van der Waals surface area contributed by atoms with E-state index in [0.29, 0.717) is 22.8 Å². The number of furan rings is 1. The number of benzene rings is 2. The third-order valence-corrected chi connectivity index (χ3v) is 4.13. The van der Waals surface area contributed by atoms with E-state index in [4.69, 9.17) is 9.15 Å². The van der Waals surface area contributed by atoms with E-state index >= 15 is 0 Å². The monoisotopic (exact) mass is 337 g/mol. The number of rotatable bonds is 4. The second kappa shape index (κ2) is 6.81. The van der Waals surface area contributed by atoms with Crippen molar-refractivity contribution in [3.63, 3.8) is 0 Å². The molecule has 0 atom stereocenters. The molecule has 0 unspecified atom stereocenters. The lowest BCUT2D eigenvalue weighted by Crippen LogP contribution is -2.21. The molecule has 1 N–H and O–H groups in total. The molecule has 0 saturated heterocycles. The van der Waals surface area contributed by atoms with Crippen LogP contribution in [0.1, 0.15) is 27.4 Å². The highest BCUT2D eigenvalue weighted by molar-refractivity contribution is 5.98. The van der Waals surface area contributed by atoms with Gasteiger partial charge in [-0.25, -0.2) is 4.79 Å². The zero-order valence-corrected chi connectivity index (χ0v) is 14.4. The molecule has 2 aromatic carbocycles. The molecular weight excluding hydrogens is 318 g/mol. The standard InChI is InChI=1S/C20H19NO4/c1-12-13(2)25-14(3)19(12)20(23)24-11-18(22)21-17-9-8-15-6-4-5-7-16(15)10-17/h4-10H,11H2,1-3H3,(H,21,22). The summed E-state index contributed by atoms with van der Waals surface area (Å²) in [7, 11) is 0. The van der Waals surface area contributed by atoms with Crippen LogP contribution in [-0.2, 0) is 9.53 Å². The third-order valence-electron chi connectivity index (χ3n) is 4.13. The third kappa shape index (κ3) is 3.55. The molecule has 0 radical (unpaired) electrons. The van der Waals surface area contributed by atoms with Crippen molar-refractivity contribution in [3.05, 3.63) is 65.1 Å². The number of hydrogen-bond acceptors (Lipinski definition) is 4. The van der Waals surface area contributed by atoms with Gasteiger partial charge in [0.05, 0.1) is 0 Å². The summed E-state index contributed by atoms with van der Waals surface area (Å²) in [6.07, 6.45) is 0. The molecule has 0 bridgehead atoms. The second-order valence-corrected chi connectivity index (χ2v) is 5.90. The number of anilines is 1. The normalized spacial score (nSPS) is 10.7. The Bertz CT molecular complexity index is 955. The first-order valence-electron chi connectivity index (χ1n) is 7.98. The largest absolute Gasteiger partial charge is 0.465 e. The van der Waals surface area contributed by atoms with Gasteiger partial charge >= 0.3 is 5.97 Å². The van der Waals surface area contributed by atoms with Gasteiger partial charge in [0, 0.05) is 11.3 Å². The van der Waals surface area contributed by atoms with Crippen molar-refractivity contribution < 1.29 is 18.7 Å². The number of amides is 1. The Labute approximate surface area is 145 Å². The molecule has 5 heteroatoms. The molecule has 1 amide bonds. The van der Waals surface area contributed by atoms with Gasteiger partial charge in [0.25, 0.3) is 5.91 Å². The summed E-state index contributed by atoms with van der Waals surface area (Å²) in [4.78, 5) is 24.2. The van der Waals surface area contributed by atoms with Crippen LogP contribution in [0.2, 0.25) is 0 Å². The van der Waals surface area contributed by atoms with Gasteiger partial charge in [0.15, 0.2) is 6.61 Å². The zero-order chi connectivity index (χ0) is 18.0. The van der Waals surface area contributed by atoms with E-state index in [-0.39, 0.29) is 12.5 Å². The van der Waals surface area contributed by atoms with Crippen molar-refractivity contribution in [3.8, 4) is 0 Å². The van der Waals surface area contributed by atoms with Gasteiger partial charge in [0.1, 0.15) is 17.1 Å². The maximum absolute atomic E-state index is 12.2. The molecule has 0 spiro atoms. The highest BCUT2D eigenvalue weighted by atomic mass is 16.5. The van der Waals surface area contributed by atoms with Crippen LogP contribution in [0.15, 0.2) is 46.9 Å². The number of esters is 1. The van der Waals surface area contributed by atoms with Gasteiger partial charge in [0.2, 0.25) is 0 Å². The van der Waals surface area contributed by atoms with E-state index in [1.165, 1.54) is 0 Å². The van der Waals surface area contributed by atoms with Crippen molar-refractivity contribution in [2.24, 2.45) is 0 Å². The molecule has 0 aliphatic heterocycles. The Kier molecular flexibility index (Phi) is 4.57. The fourth-order valence-electron chi connectivity index (χ4n) is 2.76. The number of carbonyl (C=O) groups is 2. The predicted octanol–water partition coefficient (Wildman–Crippen LogP) is 4.15.